The molecular weight excluding hydrogens is 136 g/mol. The van der Waals surface area contributed by atoms with E-state index in [2.05, 4.69) is 32.6 Å². The molecule has 66 valence electrons. The molecule has 0 spiro atoms. The number of hydrogen-bond donors (Lipinski definition) is 1. The molecule has 0 atom stereocenters. The first-order chi connectivity index (χ1) is 5.06. The highest BCUT2D eigenvalue weighted by molar-refractivity contribution is 5.50. The van der Waals surface area contributed by atoms with Crippen molar-refractivity contribution in [2.45, 2.75) is 27.7 Å². The molecule has 1 N–H and O–H groups in total. The lowest BCUT2D eigenvalue weighted by Gasteiger charge is -2.22. The van der Waals surface area contributed by atoms with E-state index in [1.807, 2.05) is 0 Å². The molecule has 0 rings (SSSR count). The molecular formula is C9H20N2. The van der Waals surface area contributed by atoms with Crippen LogP contribution in [0.25, 0.3) is 0 Å². The van der Waals surface area contributed by atoms with Crippen molar-refractivity contribution in [1.29, 1.82) is 5.41 Å². The second-order valence-corrected chi connectivity index (χ2v) is 3.87. The molecule has 11 heavy (non-hydrogen) atoms. The summed E-state index contributed by atoms with van der Waals surface area (Å²) in [6.07, 6.45) is 1.44. The van der Waals surface area contributed by atoms with Crippen LogP contribution in [-0.2, 0) is 0 Å². The Kier molecular flexibility index (Phi) is 4.92. The molecule has 0 aliphatic carbocycles. The van der Waals surface area contributed by atoms with E-state index >= 15 is 0 Å². The molecule has 2 nitrogen and oxygen atoms in total. The maximum absolute atomic E-state index is 7.15. The molecule has 0 aliphatic heterocycles. The summed E-state index contributed by atoms with van der Waals surface area (Å²) in [5, 5.41) is 7.15. The second-order valence-electron chi connectivity index (χ2n) is 3.87. The van der Waals surface area contributed by atoms with Crippen molar-refractivity contribution in [3.05, 3.63) is 0 Å². The second kappa shape index (κ2) is 5.16. The summed E-state index contributed by atoms with van der Waals surface area (Å²) in [6, 6.07) is 0. The molecule has 0 aliphatic rings. The summed E-state index contributed by atoms with van der Waals surface area (Å²) in [6.45, 7) is 10.7. The molecule has 0 saturated carbocycles. The Bertz CT molecular complexity index is 98.1. The van der Waals surface area contributed by atoms with Gasteiger partial charge in [0.1, 0.15) is 0 Å². The maximum atomic E-state index is 7.15. The third-order valence-electron chi connectivity index (χ3n) is 1.38. The monoisotopic (exact) mass is 156 g/mol. The van der Waals surface area contributed by atoms with Gasteiger partial charge in [0.05, 0.1) is 6.34 Å². The van der Waals surface area contributed by atoms with Crippen molar-refractivity contribution in [1.82, 2.24) is 4.90 Å². The molecule has 0 aromatic rings. The summed E-state index contributed by atoms with van der Waals surface area (Å²) in [4.78, 5) is 2.06. The Morgan fingerprint density at radius 2 is 1.45 bits per heavy atom. The minimum atomic E-state index is 0.648. The third-order valence-corrected chi connectivity index (χ3v) is 1.38. The van der Waals surface area contributed by atoms with Gasteiger partial charge < -0.3 is 4.90 Å². The molecule has 2 heteroatoms. The van der Waals surface area contributed by atoms with Crippen LogP contribution in [0.3, 0.4) is 0 Å². The van der Waals surface area contributed by atoms with Gasteiger partial charge in [-0.15, -0.1) is 0 Å². The van der Waals surface area contributed by atoms with Crippen molar-refractivity contribution >= 4 is 6.34 Å². The first-order valence-electron chi connectivity index (χ1n) is 4.31. The summed E-state index contributed by atoms with van der Waals surface area (Å²) >= 11 is 0. The van der Waals surface area contributed by atoms with Gasteiger partial charge in [-0.1, -0.05) is 27.7 Å². The fraction of sp³-hybridized carbons (Fsp3) is 0.889. The van der Waals surface area contributed by atoms with E-state index in [-0.39, 0.29) is 0 Å². The average Bonchev–Trinajstić information content (AvgIpc) is 1.84. The largest absolute Gasteiger partial charge is 0.363 e. The van der Waals surface area contributed by atoms with Gasteiger partial charge in [-0.25, -0.2) is 0 Å². The van der Waals surface area contributed by atoms with Crippen molar-refractivity contribution in [2.24, 2.45) is 11.8 Å². The maximum Gasteiger partial charge on any atom is 0.0817 e. The quantitative estimate of drug-likeness (QED) is 0.479. The number of nitrogens with zero attached hydrogens (tertiary/aromatic N) is 1. The van der Waals surface area contributed by atoms with Crippen LogP contribution in [0.2, 0.25) is 0 Å². The van der Waals surface area contributed by atoms with Gasteiger partial charge in [0.15, 0.2) is 0 Å². The zero-order chi connectivity index (χ0) is 8.85. The van der Waals surface area contributed by atoms with Crippen LogP contribution in [0.5, 0.6) is 0 Å². The molecule has 0 unspecified atom stereocenters. The van der Waals surface area contributed by atoms with E-state index in [1.54, 1.807) is 0 Å². The van der Waals surface area contributed by atoms with E-state index < -0.39 is 0 Å². The number of hydrogen-bond acceptors (Lipinski definition) is 1. The van der Waals surface area contributed by atoms with Crippen LogP contribution in [0.15, 0.2) is 0 Å². The summed E-state index contributed by atoms with van der Waals surface area (Å²) < 4.78 is 0. The van der Waals surface area contributed by atoms with Gasteiger partial charge >= 0.3 is 0 Å². The Balaban J connectivity index is 3.67. The highest BCUT2D eigenvalue weighted by atomic mass is 15.1. The molecule has 0 heterocycles. The van der Waals surface area contributed by atoms with Gasteiger partial charge in [0, 0.05) is 13.1 Å². The van der Waals surface area contributed by atoms with Crippen LogP contribution in [0.1, 0.15) is 27.7 Å². The molecule has 0 aromatic heterocycles. The molecule has 0 saturated heterocycles. The molecule has 0 radical (unpaired) electrons. The fourth-order valence-corrected chi connectivity index (χ4v) is 1.12. The Hall–Kier alpha value is -0.530. The van der Waals surface area contributed by atoms with Gasteiger partial charge in [-0.3, -0.25) is 5.41 Å². The summed E-state index contributed by atoms with van der Waals surface area (Å²) in [5.41, 5.74) is 0. The lowest BCUT2D eigenvalue weighted by molar-refractivity contribution is 0.335. The standard InChI is InChI=1S/C9H20N2/c1-8(2)5-11(7-10)6-9(3)4/h7-10H,5-6H2,1-4H3. The topological polar surface area (TPSA) is 27.1 Å². The first kappa shape index (κ1) is 10.5. The summed E-state index contributed by atoms with van der Waals surface area (Å²) in [7, 11) is 0. The molecule has 0 amide bonds. The zero-order valence-corrected chi connectivity index (χ0v) is 8.09. The number of rotatable bonds is 5. The molecule has 0 aromatic carbocycles. The lowest BCUT2D eigenvalue weighted by Crippen LogP contribution is -2.29. The van der Waals surface area contributed by atoms with Crippen molar-refractivity contribution in [2.75, 3.05) is 13.1 Å². The van der Waals surface area contributed by atoms with Gasteiger partial charge in [0.2, 0.25) is 0 Å². The fourth-order valence-electron chi connectivity index (χ4n) is 1.12. The van der Waals surface area contributed by atoms with Crippen LogP contribution in [0, 0.1) is 17.2 Å². The van der Waals surface area contributed by atoms with Crippen molar-refractivity contribution in [3.8, 4) is 0 Å². The SMILES string of the molecule is CC(C)CN(C=N)CC(C)C. The number of nitrogens with one attached hydrogen (secondary N) is 1. The van der Waals surface area contributed by atoms with E-state index in [1.165, 1.54) is 6.34 Å². The van der Waals surface area contributed by atoms with E-state index in [9.17, 15) is 0 Å². The van der Waals surface area contributed by atoms with Gasteiger partial charge in [0.25, 0.3) is 0 Å². The van der Waals surface area contributed by atoms with Crippen LogP contribution >= 0.6 is 0 Å². The minimum absolute atomic E-state index is 0.648. The minimum Gasteiger partial charge on any atom is -0.363 e. The predicted octanol–water partition coefficient (Wildman–Crippen LogP) is 2.21. The van der Waals surface area contributed by atoms with Gasteiger partial charge in [-0.2, -0.15) is 0 Å². The third kappa shape index (κ3) is 5.89. The highest BCUT2D eigenvalue weighted by Crippen LogP contribution is 2.00. The van der Waals surface area contributed by atoms with Crippen LogP contribution in [-0.4, -0.2) is 24.3 Å². The van der Waals surface area contributed by atoms with E-state index in [0.717, 1.165) is 13.1 Å². The smallest absolute Gasteiger partial charge is 0.0817 e. The highest BCUT2D eigenvalue weighted by Gasteiger charge is 2.04. The zero-order valence-electron chi connectivity index (χ0n) is 8.09. The normalized spacial score (nSPS) is 10.7. The first-order valence-corrected chi connectivity index (χ1v) is 4.31. The lowest BCUT2D eigenvalue weighted by atomic mass is 10.1. The molecule has 0 bridgehead atoms. The van der Waals surface area contributed by atoms with Crippen molar-refractivity contribution < 1.29 is 0 Å². The van der Waals surface area contributed by atoms with E-state index in [4.69, 9.17) is 5.41 Å². The van der Waals surface area contributed by atoms with Crippen LogP contribution < -0.4 is 0 Å². The van der Waals surface area contributed by atoms with E-state index in [0.29, 0.717) is 11.8 Å². The van der Waals surface area contributed by atoms with Gasteiger partial charge in [-0.05, 0) is 11.8 Å². The predicted molar refractivity (Wildman–Crippen MR) is 50.0 cm³/mol. The Morgan fingerprint density at radius 1 is 1.09 bits per heavy atom. The Morgan fingerprint density at radius 3 is 1.64 bits per heavy atom. The summed E-state index contributed by atoms with van der Waals surface area (Å²) in [5.74, 6) is 1.30. The van der Waals surface area contributed by atoms with Crippen molar-refractivity contribution in [3.63, 3.8) is 0 Å². The Labute approximate surface area is 70.1 Å². The van der Waals surface area contributed by atoms with Crippen LogP contribution in [0.4, 0.5) is 0 Å². The molecule has 0 fully saturated rings. The average molecular weight is 156 g/mol.